The highest BCUT2D eigenvalue weighted by molar-refractivity contribution is 7.89. The molecule has 10 heteroatoms. The molecule has 0 aliphatic heterocycles. The highest BCUT2D eigenvalue weighted by Gasteiger charge is 2.21. The SMILES string of the molecule is C=C(/C=C\C)c1noc(-c2nc(C)n(Cc3cccc(S(=O)(=O)N(C)CCC)c3)n2)n1. The molecule has 0 aliphatic carbocycles. The largest absolute Gasteiger partial charge is 0.330 e. The number of aryl methyl sites for hydroxylation is 1. The van der Waals surface area contributed by atoms with Crippen LogP contribution >= 0.6 is 0 Å². The van der Waals surface area contributed by atoms with Crippen LogP contribution in [-0.2, 0) is 16.6 Å². The van der Waals surface area contributed by atoms with Gasteiger partial charge in [0.2, 0.25) is 21.7 Å². The second-order valence-corrected chi connectivity index (χ2v) is 9.11. The van der Waals surface area contributed by atoms with Gasteiger partial charge in [-0.2, -0.15) is 4.98 Å². The monoisotopic (exact) mass is 442 g/mol. The summed E-state index contributed by atoms with van der Waals surface area (Å²) in [5.41, 5.74) is 1.41. The molecule has 1 aromatic carbocycles. The first kappa shape index (κ1) is 22.6. The molecule has 9 nitrogen and oxygen atoms in total. The Morgan fingerprint density at radius 2 is 2.10 bits per heavy atom. The van der Waals surface area contributed by atoms with Crippen molar-refractivity contribution in [2.75, 3.05) is 13.6 Å². The van der Waals surface area contributed by atoms with Gasteiger partial charge in [-0.05, 0) is 38.0 Å². The van der Waals surface area contributed by atoms with Gasteiger partial charge < -0.3 is 4.52 Å². The van der Waals surface area contributed by atoms with E-state index in [2.05, 4.69) is 26.8 Å². The molecule has 0 spiro atoms. The van der Waals surface area contributed by atoms with Crippen LogP contribution in [0.2, 0.25) is 0 Å². The Morgan fingerprint density at radius 1 is 1.32 bits per heavy atom. The third-order valence-corrected chi connectivity index (χ3v) is 6.46. The third-order valence-electron chi connectivity index (χ3n) is 4.61. The Balaban J connectivity index is 1.84. The highest BCUT2D eigenvalue weighted by Crippen LogP contribution is 2.20. The minimum absolute atomic E-state index is 0.194. The zero-order valence-electron chi connectivity index (χ0n) is 18.1. The van der Waals surface area contributed by atoms with Crippen molar-refractivity contribution in [3.63, 3.8) is 0 Å². The molecule has 0 N–H and O–H groups in total. The third kappa shape index (κ3) is 4.97. The van der Waals surface area contributed by atoms with E-state index in [4.69, 9.17) is 4.52 Å². The van der Waals surface area contributed by atoms with Crippen LogP contribution < -0.4 is 0 Å². The first-order chi connectivity index (χ1) is 14.8. The number of aromatic nitrogens is 5. The summed E-state index contributed by atoms with van der Waals surface area (Å²) in [6, 6.07) is 6.84. The van der Waals surface area contributed by atoms with Gasteiger partial charge in [0.1, 0.15) is 5.82 Å². The topological polar surface area (TPSA) is 107 Å². The number of allylic oxidation sites excluding steroid dienone is 3. The van der Waals surface area contributed by atoms with E-state index in [-0.39, 0.29) is 10.8 Å². The molecule has 0 radical (unpaired) electrons. The lowest BCUT2D eigenvalue weighted by Gasteiger charge is -2.16. The van der Waals surface area contributed by atoms with E-state index in [9.17, 15) is 8.42 Å². The summed E-state index contributed by atoms with van der Waals surface area (Å²) in [7, 11) is -1.95. The van der Waals surface area contributed by atoms with Crippen LogP contribution in [-0.4, -0.2) is 51.2 Å². The summed E-state index contributed by atoms with van der Waals surface area (Å²) in [6.07, 6.45) is 4.37. The normalized spacial score (nSPS) is 12.2. The predicted molar refractivity (Wildman–Crippen MR) is 118 cm³/mol. The van der Waals surface area contributed by atoms with E-state index in [1.165, 1.54) is 4.31 Å². The molecule has 0 bridgehead atoms. The van der Waals surface area contributed by atoms with E-state index >= 15 is 0 Å². The molecule has 2 heterocycles. The van der Waals surface area contributed by atoms with Gasteiger partial charge in [-0.25, -0.2) is 22.4 Å². The molecule has 0 unspecified atom stereocenters. The van der Waals surface area contributed by atoms with E-state index in [0.29, 0.717) is 36.1 Å². The van der Waals surface area contributed by atoms with Crippen LogP contribution in [0, 0.1) is 6.92 Å². The molecule has 0 aliphatic rings. The lowest BCUT2D eigenvalue weighted by atomic mass is 10.2. The van der Waals surface area contributed by atoms with E-state index in [1.807, 2.05) is 32.9 Å². The van der Waals surface area contributed by atoms with Crippen LogP contribution in [0.15, 0.2) is 52.4 Å². The first-order valence-electron chi connectivity index (χ1n) is 9.89. The fourth-order valence-electron chi connectivity index (χ4n) is 2.97. The maximum Gasteiger partial charge on any atom is 0.297 e. The second-order valence-electron chi connectivity index (χ2n) is 7.06. The molecule has 0 amide bonds. The number of sulfonamides is 1. The standard InChI is InChI=1S/C21H26N6O3S/c1-6-9-15(3)19-23-21(30-25-19)20-22-16(4)27(24-20)14-17-10-8-11-18(13-17)31(28,29)26(5)12-7-2/h6,8-11,13H,3,7,12,14H2,1-2,4-5H3/b9-6-. The molecule has 0 saturated carbocycles. The summed E-state index contributed by atoms with van der Waals surface area (Å²) in [5, 5.41) is 8.36. The van der Waals surface area contributed by atoms with Gasteiger partial charge in [0.25, 0.3) is 5.89 Å². The molecule has 3 aromatic rings. The smallest absolute Gasteiger partial charge is 0.297 e. The zero-order valence-corrected chi connectivity index (χ0v) is 18.9. The number of hydrogen-bond donors (Lipinski definition) is 0. The highest BCUT2D eigenvalue weighted by atomic mass is 32.2. The minimum atomic E-state index is -3.53. The average molecular weight is 443 g/mol. The van der Waals surface area contributed by atoms with Crippen LogP contribution in [0.3, 0.4) is 0 Å². The van der Waals surface area contributed by atoms with Gasteiger partial charge in [0, 0.05) is 19.2 Å². The Hall–Kier alpha value is -3.11. The summed E-state index contributed by atoms with van der Waals surface area (Å²) >= 11 is 0. The molecule has 0 saturated heterocycles. The van der Waals surface area contributed by atoms with Crippen molar-refractivity contribution < 1.29 is 12.9 Å². The number of hydrogen-bond acceptors (Lipinski definition) is 7. The number of nitrogens with zero attached hydrogens (tertiary/aromatic N) is 6. The Kier molecular flexibility index (Phi) is 6.81. The van der Waals surface area contributed by atoms with Crippen molar-refractivity contribution in [1.82, 2.24) is 29.2 Å². The first-order valence-corrected chi connectivity index (χ1v) is 11.3. The van der Waals surface area contributed by atoms with E-state index in [0.717, 1.165) is 12.0 Å². The Labute approximate surface area is 182 Å². The molecule has 164 valence electrons. The van der Waals surface area contributed by atoms with Crippen LogP contribution in [0.25, 0.3) is 17.3 Å². The van der Waals surface area contributed by atoms with E-state index in [1.54, 1.807) is 36.0 Å². The summed E-state index contributed by atoms with van der Waals surface area (Å²) in [6.45, 7) is 10.3. The number of rotatable bonds is 9. The maximum absolute atomic E-state index is 12.7. The van der Waals surface area contributed by atoms with Gasteiger partial charge in [0.15, 0.2) is 0 Å². The van der Waals surface area contributed by atoms with E-state index < -0.39 is 10.0 Å². The van der Waals surface area contributed by atoms with Crippen molar-refractivity contribution in [2.45, 2.75) is 38.6 Å². The van der Waals surface area contributed by atoms with Gasteiger partial charge in [-0.1, -0.05) is 42.9 Å². The van der Waals surface area contributed by atoms with Gasteiger partial charge in [-0.3, -0.25) is 0 Å². The van der Waals surface area contributed by atoms with Crippen molar-refractivity contribution in [3.8, 4) is 11.7 Å². The zero-order chi connectivity index (χ0) is 22.6. The van der Waals surface area contributed by atoms with Crippen LogP contribution in [0.4, 0.5) is 0 Å². The second kappa shape index (κ2) is 9.36. The van der Waals surface area contributed by atoms with Gasteiger partial charge >= 0.3 is 0 Å². The van der Waals surface area contributed by atoms with Crippen molar-refractivity contribution in [3.05, 3.63) is 60.2 Å². The van der Waals surface area contributed by atoms with Crippen molar-refractivity contribution >= 4 is 15.6 Å². The minimum Gasteiger partial charge on any atom is -0.330 e. The predicted octanol–water partition coefficient (Wildman–Crippen LogP) is 3.30. The molecule has 2 aromatic heterocycles. The maximum atomic E-state index is 12.7. The van der Waals surface area contributed by atoms with Crippen molar-refractivity contribution in [2.24, 2.45) is 0 Å². The summed E-state index contributed by atoms with van der Waals surface area (Å²) in [5.74, 6) is 1.51. The van der Waals surface area contributed by atoms with Crippen LogP contribution in [0.5, 0.6) is 0 Å². The van der Waals surface area contributed by atoms with Gasteiger partial charge in [-0.15, -0.1) is 5.10 Å². The summed E-state index contributed by atoms with van der Waals surface area (Å²) < 4.78 is 33.8. The number of benzene rings is 1. The lowest BCUT2D eigenvalue weighted by molar-refractivity contribution is 0.425. The summed E-state index contributed by atoms with van der Waals surface area (Å²) in [4.78, 5) is 8.95. The fraction of sp³-hybridized carbons (Fsp3) is 0.333. The molecule has 31 heavy (non-hydrogen) atoms. The fourth-order valence-corrected chi connectivity index (χ4v) is 4.31. The molecule has 0 fully saturated rings. The lowest BCUT2D eigenvalue weighted by Crippen LogP contribution is -2.27. The quantitative estimate of drug-likeness (QED) is 0.468. The molecule has 0 atom stereocenters. The Morgan fingerprint density at radius 3 is 2.81 bits per heavy atom. The Bertz CT molecular complexity index is 1210. The van der Waals surface area contributed by atoms with Crippen molar-refractivity contribution in [1.29, 1.82) is 0 Å². The molecular weight excluding hydrogens is 416 g/mol. The van der Waals surface area contributed by atoms with Crippen LogP contribution in [0.1, 0.15) is 37.5 Å². The average Bonchev–Trinajstić information content (AvgIpc) is 3.36. The van der Waals surface area contributed by atoms with Gasteiger partial charge in [0.05, 0.1) is 11.4 Å². The molecule has 3 rings (SSSR count). The molecular formula is C21H26N6O3S.